The van der Waals surface area contributed by atoms with Crippen LogP contribution in [0, 0.1) is 11.8 Å². The van der Waals surface area contributed by atoms with Crippen LogP contribution in [0.4, 0.5) is 4.79 Å². The number of piperidine rings is 3. The fourth-order valence-electron chi connectivity index (χ4n) is 6.51. The van der Waals surface area contributed by atoms with E-state index in [9.17, 15) is 19.5 Å². The van der Waals surface area contributed by atoms with Crippen LogP contribution in [0.5, 0.6) is 5.75 Å². The van der Waals surface area contributed by atoms with Crippen molar-refractivity contribution in [3.63, 3.8) is 0 Å². The van der Waals surface area contributed by atoms with Gasteiger partial charge in [-0.05, 0) is 73.0 Å². The Morgan fingerprint density at radius 1 is 1.15 bits per heavy atom. The average Bonchev–Trinajstić information content (AvgIpc) is 3.01. The first-order chi connectivity index (χ1) is 19.8. The van der Waals surface area contributed by atoms with Crippen LogP contribution in [0.25, 0.3) is 10.9 Å². The molecule has 0 radical (unpaired) electrons. The summed E-state index contributed by atoms with van der Waals surface area (Å²) >= 11 is 0. The highest BCUT2D eigenvalue weighted by molar-refractivity contribution is 6.22. The van der Waals surface area contributed by atoms with Gasteiger partial charge in [0.15, 0.2) is 5.41 Å². The zero-order valence-electron chi connectivity index (χ0n) is 23.4. The number of hydrogen-bond acceptors (Lipinski definition) is 7. The number of rotatable bonds is 6. The quantitative estimate of drug-likeness (QED) is 0.311. The highest BCUT2D eigenvalue weighted by Crippen LogP contribution is 2.42. The Labute approximate surface area is 239 Å². The van der Waals surface area contributed by atoms with Crippen LogP contribution in [0.15, 0.2) is 73.4 Å². The molecule has 5 heterocycles. The van der Waals surface area contributed by atoms with Gasteiger partial charge in [0.25, 0.3) is 0 Å². The van der Waals surface area contributed by atoms with Crippen molar-refractivity contribution < 1.29 is 24.2 Å². The van der Waals surface area contributed by atoms with Gasteiger partial charge >= 0.3 is 6.03 Å². The van der Waals surface area contributed by atoms with Gasteiger partial charge in [-0.2, -0.15) is 0 Å². The van der Waals surface area contributed by atoms with Crippen LogP contribution in [0.1, 0.15) is 43.4 Å². The molecular weight excluding hydrogens is 520 g/mol. The molecule has 214 valence electrons. The minimum Gasteiger partial charge on any atom is -0.497 e. The van der Waals surface area contributed by atoms with Gasteiger partial charge in [-0.1, -0.05) is 43.3 Å². The van der Waals surface area contributed by atoms with Gasteiger partial charge in [0.2, 0.25) is 11.8 Å². The monoisotopic (exact) mass is 556 g/mol. The topological polar surface area (TPSA) is 121 Å². The third kappa shape index (κ3) is 5.23. The molecule has 41 heavy (non-hydrogen) atoms. The molecule has 2 aromatic carbocycles. The number of urea groups is 1. The van der Waals surface area contributed by atoms with Crippen molar-refractivity contribution in [1.82, 2.24) is 20.5 Å². The zero-order chi connectivity index (χ0) is 29.1. The van der Waals surface area contributed by atoms with Gasteiger partial charge in [0.05, 0.1) is 18.7 Å². The van der Waals surface area contributed by atoms with Crippen molar-refractivity contribution in [2.45, 2.75) is 43.7 Å². The number of amides is 4. The number of nitrogens with zero attached hydrogens (tertiary/aromatic N) is 2. The van der Waals surface area contributed by atoms with E-state index in [0.717, 1.165) is 41.7 Å². The fraction of sp³-hybridized carbons (Fsp3) is 0.375. The molecule has 5 atom stereocenters. The summed E-state index contributed by atoms with van der Waals surface area (Å²) in [6.07, 6.45) is 5.91. The van der Waals surface area contributed by atoms with Crippen molar-refractivity contribution >= 4 is 28.7 Å². The Bertz CT molecular complexity index is 1440. The molecule has 9 nitrogen and oxygen atoms in total. The summed E-state index contributed by atoms with van der Waals surface area (Å²) in [5.41, 5.74) is 1.12. The number of carbonyl (C=O) groups excluding carboxylic acids is 3. The summed E-state index contributed by atoms with van der Waals surface area (Å²) in [5.74, 6) is 0.868. The number of carbonyl (C=O) groups is 3. The highest BCUT2D eigenvalue weighted by Gasteiger charge is 2.50. The SMILES string of the molecule is C=C[C@H]1CN2CC[C@H]1C[C@@H]2[C@@H](O)c1ccnc2ccc(OC)cc12.CCC1(c2ccccc2)C(=O)NC(=O)NC1=O. The van der Waals surface area contributed by atoms with E-state index in [1.165, 1.54) is 6.42 Å². The molecule has 9 heteroatoms. The van der Waals surface area contributed by atoms with Crippen LogP contribution in [-0.4, -0.2) is 59.1 Å². The van der Waals surface area contributed by atoms with Gasteiger partial charge in [-0.25, -0.2) is 4.79 Å². The van der Waals surface area contributed by atoms with E-state index in [0.29, 0.717) is 23.8 Å². The Morgan fingerprint density at radius 2 is 1.88 bits per heavy atom. The second-order valence-electron chi connectivity index (χ2n) is 10.8. The summed E-state index contributed by atoms with van der Waals surface area (Å²) in [4.78, 5) is 41.9. The first kappa shape index (κ1) is 28.4. The van der Waals surface area contributed by atoms with Crippen LogP contribution < -0.4 is 15.4 Å². The summed E-state index contributed by atoms with van der Waals surface area (Å²) in [5, 5.41) is 16.4. The largest absolute Gasteiger partial charge is 0.497 e. The number of hydrogen-bond donors (Lipinski definition) is 3. The van der Waals surface area contributed by atoms with Gasteiger partial charge in [-0.3, -0.25) is 30.1 Å². The average molecular weight is 557 g/mol. The molecule has 0 spiro atoms. The molecule has 4 aliphatic heterocycles. The molecule has 4 aliphatic rings. The number of fused-ring (bicyclic) bond motifs is 4. The van der Waals surface area contributed by atoms with Crippen molar-refractivity contribution in [3.8, 4) is 5.75 Å². The van der Waals surface area contributed by atoms with Gasteiger partial charge in [0.1, 0.15) is 5.75 Å². The second-order valence-corrected chi connectivity index (χ2v) is 10.8. The number of ether oxygens (including phenoxy) is 1. The summed E-state index contributed by atoms with van der Waals surface area (Å²) in [7, 11) is 1.66. The highest BCUT2D eigenvalue weighted by atomic mass is 16.5. The van der Waals surface area contributed by atoms with Crippen LogP contribution in [0.2, 0.25) is 0 Å². The Balaban J connectivity index is 0.000000175. The van der Waals surface area contributed by atoms with Crippen molar-refractivity contribution in [3.05, 3.63) is 84.6 Å². The van der Waals surface area contributed by atoms with E-state index in [-0.39, 0.29) is 6.04 Å². The lowest BCUT2D eigenvalue weighted by molar-refractivity contribution is -0.138. The van der Waals surface area contributed by atoms with E-state index in [2.05, 4.69) is 33.2 Å². The van der Waals surface area contributed by atoms with Crippen molar-refractivity contribution in [1.29, 1.82) is 0 Å². The molecule has 0 aliphatic carbocycles. The molecule has 4 saturated heterocycles. The Morgan fingerprint density at radius 3 is 2.49 bits per heavy atom. The first-order valence-corrected chi connectivity index (χ1v) is 14.0. The maximum absolute atomic E-state index is 12.0. The predicted octanol–water partition coefficient (Wildman–Crippen LogP) is 3.87. The summed E-state index contributed by atoms with van der Waals surface area (Å²) in [6.45, 7) is 7.81. The molecule has 0 saturated carbocycles. The molecule has 1 unspecified atom stereocenters. The lowest BCUT2D eigenvalue weighted by atomic mass is 9.73. The van der Waals surface area contributed by atoms with Crippen molar-refractivity contribution in [2.24, 2.45) is 11.8 Å². The minimum absolute atomic E-state index is 0.178. The molecule has 4 amide bonds. The fourth-order valence-corrected chi connectivity index (χ4v) is 6.51. The number of aliphatic hydroxyl groups excluding tert-OH is 1. The lowest BCUT2D eigenvalue weighted by Crippen LogP contribution is -2.64. The molecule has 3 N–H and O–H groups in total. The third-order valence-electron chi connectivity index (χ3n) is 8.85. The van der Waals surface area contributed by atoms with E-state index in [4.69, 9.17) is 4.74 Å². The number of aliphatic hydroxyl groups is 1. The molecule has 3 aromatic rings. The standard InChI is InChI=1S/C20H24N2O2.C12H12N2O3/c1-3-13-12-22-9-7-14(13)10-19(22)20(23)16-6-8-21-18-5-4-15(24-2)11-17(16)18;1-2-12(8-6-4-3-5-7-8)9(15)13-11(17)14-10(12)16/h3-6,8,11,13-14,19-20,23H,1,7,9-10,12H2,2H3;3-7H,2H2,1H3,(H2,13,14,15,16,17)/t13-,14-,19+,20-;/m0./s1. The minimum atomic E-state index is -1.31. The number of aromatic nitrogens is 1. The number of barbiturate groups is 1. The van der Waals surface area contributed by atoms with E-state index < -0.39 is 29.4 Å². The number of pyridine rings is 1. The first-order valence-electron chi connectivity index (χ1n) is 14.0. The van der Waals surface area contributed by atoms with E-state index in [1.807, 2.05) is 24.3 Å². The molecule has 7 rings (SSSR count). The van der Waals surface area contributed by atoms with Gasteiger partial charge in [-0.15, -0.1) is 6.58 Å². The second kappa shape index (κ2) is 11.8. The molecule has 2 bridgehead atoms. The number of nitrogens with one attached hydrogen (secondary N) is 2. The normalized spacial score (nSPS) is 25.4. The van der Waals surface area contributed by atoms with Gasteiger partial charge in [0, 0.05) is 24.2 Å². The predicted molar refractivity (Wildman–Crippen MR) is 155 cm³/mol. The van der Waals surface area contributed by atoms with E-state index >= 15 is 0 Å². The van der Waals surface area contributed by atoms with E-state index in [1.54, 1.807) is 50.6 Å². The lowest BCUT2D eigenvalue weighted by Gasteiger charge is -2.50. The number of methoxy groups -OCH3 is 1. The summed E-state index contributed by atoms with van der Waals surface area (Å²) < 4.78 is 5.35. The number of imide groups is 2. The maximum atomic E-state index is 12.0. The molecule has 1 aromatic heterocycles. The Hall–Kier alpha value is -4.08. The van der Waals surface area contributed by atoms with Crippen LogP contribution >= 0.6 is 0 Å². The summed E-state index contributed by atoms with van der Waals surface area (Å²) in [6, 6.07) is 15.9. The zero-order valence-corrected chi connectivity index (χ0v) is 23.4. The smallest absolute Gasteiger partial charge is 0.328 e. The molecular formula is C32H36N4O5. The van der Waals surface area contributed by atoms with Crippen molar-refractivity contribution in [2.75, 3.05) is 20.2 Å². The Kier molecular flexibility index (Phi) is 8.19. The maximum Gasteiger partial charge on any atom is 0.328 e. The van der Waals surface area contributed by atoms with Gasteiger partial charge < -0.3 is 9.84 Å². The third-order valence-corrected chi connectivity index (χ3v) is 8.85. The number of benzene rings is 2. The molecule has 4 fully saturated rings. The van der Waals surface area contributed by atoms with Crippen LogP contribution in [-0.2, 0) is 15.0 Å². The van der Waals surface area contributed by atoms with Crippen LogP contribution in [0.3, 0.4) is 0 Å².